The Morgan fingerprint density at radius 1 is 1.88 bits per heavy atom. The summed E-state index contributed by atoms with van der Waals surface area (Å²) in [4.78, 5) is 10.3. The number of allylic oxidation sites excluding steroid dienone is 1. The Bertz CT molecular complexity index is 103. The number of carbonyl (C=O) groups excluding carboxylic acids is 1. The SMILES string of the molecule is [CH2]C(O)C(=O)C=CC. The molecule has 0 aliphatic carbocycles. The number of aliphatic hydroxyl groups excluding tert-OH is 1. The van der Waals surface area contributed by atoms with Crippen molar-refractivity contribution in [3.05, 3.63) is 19.1 Å². The summed E-state index contributed by atoms with van der Waals surface area (Å²) >= 11 is 0. The zero-order valence-electron chi connectivity index (χ0n) is 4.79. The summed E-state index contributed by atoms with van der Waals surface area (Å²) in [6, 6.07) is 0. The van der Waals surface area contributed by atoms with Crippen LogP contribution < -0.4 is 0 Å². The molecule has 0 aromatic rings. The first kappa shape index (κ1) is 7.37. The van der Waals surface area contributed by atoms with Gasteiger partial charge in [0.15, 0.2) is 5.78 Å². The molecule has 1 unspecified atom stereocenters. The highest BCUT2D eigenvalue weighted by Crippen LogP contribution is 1.83. The topological polar surface area (TPSA) is 37.3 Å². The summed E-state index contributed by atoms with van der Waals surface area (Å²) < 4.78 is 0. The van der Waals surface area contributed by atoms with Gasteiger partial charge in [0.05, 0.1) is 0 Å². The summed E-state index contributed by atoms with van der Waals surface area (Å²) in [6.07, 6.45) is 1.75. The predicted molar refractivity (Wildman–Crippen MR) is 31.2 cm³/mol. The monoisotopic (exact) mass is 113 g/mol. The maximum absolute atomic E-state index is 10.3. The molecular formula is C6H9O2. The Morgan fingerprint density at radius 2 is 2.38 bits per heavy atom. The van der Waals surface area contributed by atoms with Gasteiger partial charge in [-0.15, -0.1) is 0 Å². The smallest absolute Gasteiger partial charge is 0.183 e. The van der Waals surface area contributed by atoms with Gasteiger partial charge in [0.25, 0.3) is 0 Å². The lowest BCUT2D eigenvalue weighted by Gasteiger charge is -1.93. The fourth-order valence-electron chi connectivity index (χ4n) is 0.275. The lowest BCUT2D eigenvalue weighted by molar-refractivity contribution is -0.120. The van der Waals surface area contributed by atoms with E-state index in [4.69, 9.17) is 5.11 Å². The van der Waals surface area contributed by atoms with Crippen molar-refractivity contribution in [2.75, 3.05) is 0 Å². The summed E-state index contributed by atoms with van der Waals surface area (Å²) in [7, 11) is 0. The van der Waals surface area contributed by atoms with E-state index in [0.29, 0.717) is 0 Å². The van der Waals surface area contributed by atoms with Crippen LogP contribution in [0.4, 0.5) is 0 Å². The molecule has 0 saturated carbocycles. The van der Waals surface area contributed by atoms with Crippen molar-refractivity contribution in [3.8, 4) is 0 Å². The van der Waals surface area contributed by atoms with Crippen LogP contribution in [0, 0.1) is 6.92 Å². The lowest BCUT2D eigenvalue weighted by Crippen LogP contribution is -2.12. The van der Waals surface area contributed by atoms with E-state index in [0.717, 1.165) is 0 Å². The highest BCUT2D eigenvalue weighted by molar-refractivity contribution is 5.93. The Hall–Kier alpha value is -0.630. The molecule has 0 aliphatic rings. The molecule has 0 heterocycles. The van der Waals surface area contributed by atoms with Crippen molar-refractivity contribution in [2.24, 2.45) is 0 Å². The van der Waals surface area contributed by atoms with Gasteiger partial charge in [0.1, 0.15) is 6.10 Å². The van der Waals surface area contributed by atoms with Crippen molar-refractivity contribution in [1.82, 2.24) is 0 Å². The van der Waals surface area contributed by atoms with Crippen LogP contribution in [0.3, 0.4) is 0 Å². The molecule has 0 bridgehead atoms. The first-order valence-electron chi connectivity index (χ1n) is 2.36. The van der Waals surface area contributed by atoms with E-state index in [1.165, 1.54) is 6.08 Å². The van der Waals surface area contributed by atoms with E-state index >= 15 is 0 Å². The Kier molecular flexibility index (Phi) is 3.12. The minimum absolute atomic E-state index is 0.354. The van der Waals surface area contributed by atoms with Gasteiger partial charge in [0, 0.05) is 0 Å². The van der Waals surface area contributed by atoms with Crippen LogP contribution in [0.5, 0.6) is 0 Å². The second kappa shape index (κ2) is 3.38. The zero-order chi connectivity index (χ0) is 6.57. The van der Waals surface area contributed by atoms with Gasteiger partial charge in [-0.05, 0) is 19.9 Å². The highest BCUT2D eigenvalue weighted by Gasteiger charge is 2.01. The third-order valence-corrected chi connectivity index (χ3v) is 0.659. The molecule has 0 fully saturated rings. The molecule has 1 atom stereocenters. The number of ketones is 1. The molecule has 0 amide bonds. The first-order chi connectivity index (χ1) is 3.68. The molecule has 45 valence electrons. The summed E-state index contributed by atoms with van der Waals surface area (Å²) in [5, 5.41) is 8.44. The minimum Gasteiger partial charge on any atom is -0.385 e. The minimum atomic E-state index is -1.11. The molecule has 2 heteroatoms. The molecule has 0 aromatic heterocycles. The van der Waals surface area contributed by atoms with E-state index in [9.17, 15) is 4.79 Å². The Labute approximate surface area is 48.8 Å². The largest absolute Gasteiger partial charge is 0.385 e. The van der Waals surface area contributed by atoms with Gasteiger partial charge in [-0.1, -0.05) is 6.08 Å². The van der Waals surface area contributed by atoms with Gasteiger partial charge in [-0.2, -0.15) is 0 Å². The van der Waals surface area contributed by atoms with Crippen LogP contribution in [-0.4, -0.2) is 17.0 Å². The van der Waals surface area contributed by atoms with Gasteiger partial charge in [-0.3, -0.25) is 4.79 Å². The molecule has 0 aliphatic heterocycles. The summed E-state index contributed by atoms with van der Waals surface area (Å²) in [5.41, 5.74) is 0. The van der Waals surface area contributed by atoms with Crippen molar-refractivity contribution < 1.29 is 9.90 Å². The first-order valence-corrected chi connectivity index (χ1v) is 2.36. The van der Waals surface area contributed by atoms with E-state index < -0.39 is 6.10 Å². The van der Waals surface area contributed by atoms with Crippen molar-refractivity contribution in [1.29, 1.82) is 0 Å². The van der Waals surface area contributed by atoms with Crippen molar-refractivity contribution in [2.45, 2.75) is 13.0 Å². The Morgan fingerprint density at radius 3 is 2.50 bits per heavy atom. The number of hydrogen-bond acceptors (Lipinski definition) is 2. The highest BCUT2D eigenvalue weighted by atomic mass is 16.3. The third-order valence-electron chi connectivity index (χ3n) is 0.659. The molecule has 0 aromatic carbocycles. The van der Waals surface area contributed by atoms with Crippen molar-refractivity contribution in [3.63, 3.8) is 0 Å². The average molecular weight is 113 g/mol. The molecule has 0 rings (SSSR count). The second-order valence-corrected chi connectivity index (χ2v) is 1.42. The molecule has 2 nitrogen and oxygen atoms in total. The quantitative estimate of drug-likeness (QED) is 0.524. The fourth-order valence-corrected chi connectivity index (χ4v) is 0.275. The molecule has 1 N–H and O–H groups in total. The van der Waals surface area contributed by atoms with Gasteiger partial charge < -0.3 is 5.11 Å². The third kappa shape index (κ3) is 2.53. The molecule has 8 heavy (non-hydrogen) atoms. The number of rotatable bonds is 2. The van der Waals surface area contributed by atoms with Crippen molar-refractivity contribution >= 4 is 5.78 Å². The predicted octanol–water partition coefficient (Wildman–Crippen LogP) is 0.327. The standard InChI is InChI=1S/C6H9O2/c1-3-4-6(8)5(2)7/h3-5,7H,2H2,1H3. The molecule has 1 radical (unpaired) electrons. The normalized spacial score (nSPS) is 14.4. The average Bonchev–Trinajstić information content (AvgIpc) is 1.67. The van der Waals surface area contributed by atoms with Crippen LogP contribution in [0.2, 0.25) is 0 Å². The number of carbonyl (C=O) groups is 1. The van der Waals surface area contributed by atoms with E-state index in [1.807, 2.05) is 0 Å². The van der Waals surface area contributed by atoms with Crippen LogP contribution in [-0.2, 0) is 4.79 Å². The van der Waals surface area contributed by atoms with Gasteiger partial charge in [0.2, 0.25) is 0 Å². The van der Waals surface area contributed by atoms with Crippen LogP contribution in [0.25, 0.3) is 0 Å². The maximum atomic E-state index is 10.3. The van der Waals surface area contributed by atoms with Gasteiger partial charge in [-0.25, -0.2) is 0 Å². The number of aliphatic hydroxyl groups is 1. The van der Waals surface area contributed by atoms with Gasteiger partial charge >= 0.3 is 0 Å². The van der Waals surface area contributed by atoms with Crippen LogP contribution >= 0.6 is 0 Å². The van der Waals surface area contributed by atoms with E-state index in [2.05, 4.69) is 6.92 Å². The summed E-state index contributed by atoms with van der Waals surface area (Å²) in [5.74, 6) is -0.354. The van der Waals surface area contributed by atoms with Crippen LogP contribution in [0.1, 0.15) is 6.92 Å². The van der Waals surface area contributed by atoms with E-state index in [1.54, 1.807) is 13.0 Å². The Balaban J connectivity index is 3.66. The second-order valence-electron chi connectivity index (χ2n) is 1.42. The van der Waals surface area contributed by atoms with Crippen LogP contribution in [0.15, 0.2) is 12.2 Å². The summed E-state index contributed by atoms with van der Waals surface area (Å²) in [6.45, 7) is 4.82. The molecule has 0 spiro atoms. The zero-order valence-corrected chi connectivity index (χ0v) is 4.79. The lowest BCUT2D eigenvalue weighted by atomic mass is 10.2. The molecular weight excluding hydrogens is 104 g/mol. The van der Waals surface area contributed by atoms with E-state index in [-0.39, 0.29) is 5.78 Å². The fraction of sp³-hybridized carbons (Fsp3) is 0.333. The number of hydrogen-bond donors (Lipinski definition) is 1. The maximum Gasteiger partial charge on any atom is 0.183 e. The molecule has 0 saturated heterocycles.